The number of benzene rings is 2. The molecule has 7 heteroatoms. The highest BCUT2D eigenvalue weighted by molar-refractivity contribution is 5.85. The highest BCUT2D eigenvalue weighted by Gasteiger charge is 2.51. The van der Waals surface area contributed by atoms with Crippen molar-refractivity contribution in [3.8, 4) is 0 Å². The Kier molecular flexibility index (Phi) is 7.83. The summed E-state index contributed by atoms with van der Waals surface area (Å²) in [6.07, 6.45) is 10.0. The molecule has 0 aliphatic heterocycles. The van der Waals surface area contributed by atoms with Crippen LogP contribution in [0.3, 0.4) is 0 Å². The third-order valence-electron chi connectivity index (χ3n) is 9.48. The summed E-state index contributed by atoms with van der Waals surface area (Å²) < 4.78 is 5.34. The van der Waals surface area contributed by atoms with Gasteiger partial charge in [0.1, 0.15) is 6.54 Å². The first-order chi connectivity index (χ1) is 19.5. The SMILES string of the molecule is COCCN(CC(=O)N(CCc1c[nH]c2ccccc12)Cc1ccccc1)C(=O)NC12CC3CC(CC(C3)C1)C2. The van der Waals surface area contributed by atoms with Crippen molar-refractivity contribution in [1.82, 2.24) is 20.1 Å². The summed E-state index contributed by atoms with van der Waals surface area (Å²) in [4.78, 5) is 34.5. The van der Waals surface area contributed by atoms with Gasteiger partial charge in [0, 0.05) is 49.4 Å². The van der Waals surface area contributed by atoms with Gasteiger partial charge in [-0.15, -0.1) is 0 Å². The zero-order valence-corrected chi connectivity index (χ0v) is 23.6. The Balaban J connectivity index is 1.16. The number of amides is 3. The molecule has 1 heterocycles. The van der Waals surface area contributed by atoms with Crippen molar-refractivity contribution in [3.63, 3.8) is 0 Å². The van der Waals surface area contributed by atoms with Crippen LogP contribution in [0.5, 0.6) is 0 Å². The molecule has 2 N–H and O–H groups in total. The van der Waals surface area contributed by atoms with Gasteiger partial charge in [0.2, 0.25) is 5.91 Å². The molecule has 0 atom stereocenters. The molecule has 212 valence electrons. The van der Waals surface area contributed by atoms with Crippen molar-refractivity contribution in [2.75, 3.05) is 33.4 Å². The van der Waals surface area contributed by atoms with E-state index in [2.05, 4.69) is 34.6 Å². The van der Waals surface area contributed by atoms with Crippen LogP contribution in [0.15, 0.2) is 60.8 Å². The van der Waals surface area contributed by atoms with Gasteiger partial charge in [0.05, 0.1) is 6.61 Å². The predicted molar refractivity (Wildman–Crippen MR) is 157 cm³/mol. The van der Waals surface area contributed by atoms with Crippen molar-refractivity contribution < 1.29 is 14.3 Å². The van der Waals surface area contributed by atoms with Crippen LogP contribution in [0.4, 0.5) is 4.79 Å². The van der Waals surface area contributed by atoms with Gasteiger partial charge in [0.25, 0.3) is 0 Å². The van der Waals surface area contributed by atoms with Gasteiger partial charge in [-0.2, -0.15) is 0 Å². The molecule has 0 unspecified atom stereocenters. The molecular formula is C33H42N4O3. The van der Waals surface area contributed by atoms with Crippen LogP contribution >= 0.6 is 0 Å². The number of nitrogens with zero attached hydrogens (tertiary/aromatic N) is 2. The largest absolute Gasteiger partial charge is 0.383 e. The average molecular weight is 543 g/mol. The molecule has 0 spiro atoms. The van der Waals surface area contributed by atoms with Gasteiger partial charge in [-0.05, 0) is 79.9 Å². The second-order valence-corrected chi connectivity index (χ2v) is 12.5. The van der Waals surface area contributed by atoms with E-state index in [0.717, 1.165) is 54.5 Å². The Morgan fingerprint density at radius 1 is 0.925 bits per heavy atom. The maximum atomic E-state index is 13.9. The molecule has 40 heavy (non-hydrogen) atoms. The Hall–Kier alpha value is -3.32. The van der Waals surface area contributed by atoms with Gasteiger partial charge in [-0.3, -0.25) is 4.79 Å². The second-order valence-electron chi connectivity index (χ2n) is 12.5. The van der Waals surface area contributed by atoms with Crippen LogP contribution in [0.2, 0.25) is 0 Å². The van der Waals surface area contributed by atoms with Gasteiger partial charge in [-0.25, -0.2) is 4.79 Å². The number of hydrogen-bond acceptors (Lipinski definition) is 3. The molecule has 4 aliphatic carbocycles. The number of rotatable bonds is 11. The van der Waals surface area contributed by atoms with E-state index in [9.17, 15) is 9.59 Å². The minimum absolute atomic E-state index is 0.0412. The van der Waals surface area contributed by atoms with Crippen LogP contribution in [0, 0.1) is 17.8 Å². The fourth-order valence-corrected chi connectivity index (χ4v) is 7.98. The van der Waals surface area contributed by atoms with Gasteiger partial charge < -0.3 is 24.8 Å². The number of nitrogens with one attached hydrogen (secondary N) is 2. The Labute approximate surface area is 237 Å². The molecule has 4 saturated carbocycles. The van der Waals surface area contributed by atoms with Crippen molar-refractivity contribution >= 4 is 22.8 Å². The third-order valence-corrected chi connectivity index (χ3v) is 9.48. The zero-order chi connectivity index (χ0) is 27.5. The van der Waals surface area contributed by atoms with Gasteiger partial charge >= 0.3 is 6.03 Å². The molecule has 3 aromatic rings. The maximum Gasteiger partial charge on any atom is 0.318 e. The number of carbonyl (C=O) groups is 2. The van der Waals surface area contributed by atoms with Gasteiger partial charge in [0.15, 0.2) is 0 Å². The Morgan fingerprint density at radius 3 is 2.30 bits per heavy atom. The number of para-hydroxylation sites is 1. The zero-order valence-electron chi connectivity index (χ0n) is 23.6. The van der Waals surface area contributed by atoms with E-state index >= 15 is 0 Å². The number of ether oxygens (including phenoxy) is 1. The molecule has 4 fully saturated rings. The normalized spacial score (nSPS) is 24.8. The number of aromatic amines is 1. The first kappa shape index (κ1) is 26.9. The standard InChI is InChI=1S/C33H42N4O3/c1-40-14-13-37(32(39)35-33-18-25-15-26(19-33)17-27(16-25)20-33)23-31(38)36(22-24-7-3-2-4-8-24)12-11-28-21-34-30-10-6-5-9-29(28)30/h2-10,21,25-27,34H,11-20,22-23H2,1H3,(H,35,39). The summed E-state index contributed by atoms with van der Waals surface area (Å²) in [5.41, 5.74) is 3.28. The lowest BCUT2D eigenvalue weighted by atomic mass is 9.53. The predicted octanol–water partition coefficient (Wildman–Crippen LogP) is 5.37. The van der Waals surface area contributed by atoms with Crippen molar-refractivity contribution in [2.24, 2.45) is 17.8 Å². The lowest BCUT2D eigenvalue weighted by molar-refractivity contribution is -0.132. The summed E-state index contributed by atoms with van der Waals surface area (Å²) >= 11 is 0. The third kappa shape index (κ3) is 5.90. The van der Waals surface area contributed by atoms with Crippen LogP contribution in [0.25, 0.3) is 10.9 Å². The summed E-state index contributed by atoms with van der Waals surface area (Å²) in [5, 5.41) is 4.64. The Morgan fingerprint density at radius 2 is 1.60 bits per heavy atom. The molecule has 2 aromatic carbocycles. The molecule has 7 nitrogen and oxygen atoms in total. The summed E-state index contributed by atoms with van der Waals surface area (Å²) in [7, 11) is 1.64. The van der Waals surface area contributed by atoms with Crippen LogP contribution in [0.1, 0.15) is 49.7 Å². The van der Waals surface area contributed by atoms with Crippen molar-refractivity contribution in [3.05, 3.63) is 71.9 Å². The first-order valence-electron chi connectivity index (χ1n) is 14.9. The number of hydrogen-bond donors (Lipinski definition) is 2. The first-order valence-corrected chi connectivity index (χ1v) is 14.9. The number of aromatic nitrogens is 1. The van der Waals surface area contributed by atoms with Crippen molar-refractivity contribution in [1.29, 1.82) is 0 Å². The number of fused-ring (bicyclic) bond motifs is 1. The smallest absolute Gasteiger partial charge is 0.318 e. The van der Waals surface area contributed by atoms with Crippen LogP contribution in [-0.2, 0) is 22.5 Å². The van der Waals surface area contributed by atoms with Crippen LogP contribution in [-0.4, -0.2) is 65.6 Å². The van der Waals surface area contributed by atoms with E-state index in [1.165, 1.54) is 30.2 Å². The summed E-state index contributed by atoms with van der Waals surface area (Å²) in [5.74, 6) is 2.19. The monoisotopic (exact) mass is 542 g/mol. The highest BCUT2D eigenvalue weighted by atomic mass is 16.5. The minimum Gasteiger partial charge on any atom is -0.383 e. The minimum atomic E-state index is -0.122. The number of methoxy groups -OCH3 is 1. The van der Waals surface area contributed by atoms with E-state index in [1.807, 2.05) is 41.4 Å². The number of H-pyrrole nitrogens is 1. The topological polar surface area (TPSA) is 77.7 Å². The maximum absolute atomic E-state index is 13.9. The molecule has 4 aliphatic rings. The van der Waals surface area contributed by atoms with Crippen LogP contribution < -0.4 is 5.32 Å². The van der Waals surface area contributed by atoms with E-state index in [1.54, 1.807) is 12.0 Å². The lowest BCUT2D eigenvalue weighted by Crippen LogP contribution is -2.62. The molecule has 4 bridgehead atoms. The molecule has 3 amide bonds. The molecular weight excluding hydrogens is 500 g/mol. The molecule has 0 radical (unpaired) electrons. The fraction of sp³-hybridized carbons (Fsp3) is 0.515. The summed E-state index contributed by atoms with van der Waals surface area (Å²) in [6, 6.07) is 18.2. The number of carbonyl (C=O) groups excluding carboxylic acids is 2. The fourth-order valence-electron chi connectivity index (χ4n) is 7.98. The quantitative estimate of drug-likeness (QED) is 0.342. The molecule has 0 saturated heterocycles. The van der Waals surface area contributed by atoms with Crippen molar-refractivity contribution in [2.45, 2.75) is 57.0 Å². The molecule has 1 aromatic heterocycles. The molecule has 7 rings (SSSR count). The highest BCUT2D eigenvalue weighted by Crippen LogP contribution is 2.55. The second kappa shape index (κ2) is 11.7. The summed E-state index contributed by atoms with van der Waals surface area (Å²) in [6.45, 7) is 1.92. The van der Waals surface area contributed by atoms with E-state index in [0.29, 0.717) is 26.2 Å². The Bertz CT molecular complexity index is 1280. The van der Waals surface area contributed by atoms with E-state index in [4.69, 9.17) is 4.74 Å². The van der Waals surface area contributed by atoms with Gasteiger partial charge in [-0.1, -0.05) is 48.5 Å². The lowest BCUT2D eigenvalue weighted by Gasteiger charge is -2.57. The van der Waals surface area contributed by atoms with E-state index in [-0.39, 0.29) is 24.0 Å². The average Bonchev–Trinajstić information content (AvgIpc) is 3.35. The van der Waals surface area contributed by atoms with E-state index < -0.39 is 0 Å². The number of urea groups is 1.